The molecule has 1 saturated carbocycles. The Labute approximate surface area is 164 Å². The summed E-state index contributed by atoms with van der Waals surface area (Å²) in [6.07, 6.45) is 4.34. The van der Waals surface area contributed by atoms with Crippen molar-refractivity contribution in [1.29, 1.82) is 0 Å². The lowest BCUT2D eigenvalue weighted by atomic mass is 9.72. The third kappa shape index (κ3) is 6.14. The van der Waals surface area contributed by atoms with Crippen LogP contribution in [0, 0.1) is 25.2 Å². The lowest BCUT2D eigenvalue weighted by molar-refractivity contribution is -0.118. The maximum atomic E-state index is 12.1. The van der Waals surface area contributed by atoms with Gasteiger partial charge in [-0.2, -0.15) is 5.10 Å². The molecule has 0 atom stereocenters. The largest absolute Gasteiger partial charge is 0.272 e. The van der Waals surface area contributed by atoms with Gasteiger partial charge in [0, 0.05) is 15.1 Å². The molecule has 0 aromatic heterocycles. The average molecular weight is 425 g/mol. The van der Waals surface area contributed by atoms with Crippen LogP contribution in [0.5, 0.6) is 0 Å². The molecule has 0 saturated heterocycles. The Morgan fingerprint density at radius 2 is 1.88 bits per heavy atom. The summed E-state index contributed by atoms with van der Waals surface area (Å²) in [6.45, 7) is 11.1. The van der Waals surface area contributed by atoms with Gasteiger partial charge in [0.15, 0.2) is 0 Å². The molecule has 1 aliphatic carbocycles. The normalized spacial score (nSPS) is 18.2. The summed E-state index contributed by atoms with van der Waals surface area (Å²) in [4.78, 5) is 13.2. The van der Waals surface area contributed by atoms with Crippen molar-refractivity contribution in [2.24, 2.45) is 16.4 Å². The van der Waals surface area contributed by atoms with Gasteiger partial charge in [-0.3, -0.25) is 4.79 Å². The summed E-state index contributed by atoms with van der Waals surface area (Å²) in [7, 11) is 0. The van der Waals surface area contributed by atoms with E-state index in [4.69, 9.17) is 0 Å². The second-order valence-corrected chi connectivity index (χ2v) is 9.88. The van der Waals surface area contributed by atoms with Crippen LogP contribution in [0.3, 0.4) is 0 Å². The van der Waals surface area contributed by atoms with Crippen LogP contribution in [0.15, 0.2) is 26.6 Å². The molecular formula is C20H29BrN2OS. The van der Waals surface area contributed by atoms with Gasteiger partial charge in [-0.05, 0) is 74.1 Å². The van der Waals surface area contributed by atoms with Crippen LogP contribution in [0.2, 0.25) is 0 Å². The molecule has 0 radical (unpaired) electrons. The minimum Gasteiger partial charge on any atom is -0.272 e. The predicted octanol–water partition coefficient (Wildman–Crippen LogP) is 5.87. The highest BCUT2D eigenvalue weighted by molar-refractivity contribution is 9.10. The van der Waals surface area contributed by atoms with Crippen molar-refractivity contribution in [3.05, 3.63) is 27.7 Å². The lowest BCUT2D eigenvalue weighted by Gasteiger charge is -2.34. The number of hydrazone groups is 1. The second-order valence-electron chi connectivity index (χ2n) is 8.01. The number of nitrogens with one attached hydrogen (secondary N) is 1. The van der Waals surface area contributed by atoms with Crippen LogP contribution in [-0.2, 0) is 4.79 Å². The maximum absolute atomic E-state index is 12.1. The number of thioether (sulfide) groups is 1. The third-order valence-corrected chi connectivity index (χ3v) is 6.95. The zero-order valence-electron chi connectivity index (χ0n) is 15.9. The van der Waals surface area contributed by atoms with E-state index in [9.17, 15) is 4.79 Å². The summed E-state index contributed by atoms with van der Waals surface area (Å²) in [5.41, 5.74) is 6.61. The van der Waals surface area contributed by atoms with Gasteiger partial charge in [-0.1, -0.05) is 36.7 Å². The van der Waals surface area contributed by atoms with Crippen LogP contribution in [-0.4, -0.2) is 17.4 Å². The van der Waals surface area contributed by atoms with Crippen molar-refractivity contribution in [3.63, 3.8) is 0 Å². The summed E-state index contributed by atoms with van der Waals surface area (Å²) in [6, 6.07) is 4.22. The van der Waals surface area contributed by atoms with E-state index in [1.165, 1.54) is 24.0 Å². The Morgan fingerprint density at radius 1 is 1.24 bits per heavy atom. The Kier molecular flexibility index (Phi) is 7.15. The molecule has 5 heteroatoms. The molecule has 1 aromatic carbocycles. The number of carbonyl (C=O) groups is 1. The maximum Gasteiger partial charge on any atom is 0.250 e. The Morgan fingerprint density at radius 3 is 2.48 bits per heavy atom. The van der Waals surface area contributed by atoms with Gasteiger partial charge in [-0.15, -0.1) is 11.8 Å². The van der Waals surface area contributed by atoms with E-state index >= 15 is 0 Å². The molecule has 25 heavy (non-hydrogen) atoms. The zero-order valence-corrected chi connectivity index (χ0v) is 18.3. The van der Waals surface area contributed by atoms with E-state index in [2.05, 4.69) is 73.2 Å². The van der Waals surface area contributed by atoms with Crippen LogP contribution in [0.1, 0.15) is 57.6 Å². The summed E-state index contributed by atoms with van der Waals surface area (Å²) in [5, 5.41) is 4.36. The van der Waals surface area contributed by atoms with Crippen molar-refractivity contribution >= 4 is 39.3 Å². The van der Waals surface area contributed by atoms with Crippen LogP contribution in [0.25, 0.3) is 0 Å². The third-order valence-electron chi connectivity index (χ3n) is 4.94. The highest BCUT2D eigenvalue weighted by atomic mass is 79.9. The molecule has 3 nitrogen and oxygen atoms in total. The van der Waals surface area contributed by atoms with Gasteiger partial charge in [0.05, 0.1) is 5.75 Å². The molecule has 0 bridgehead atoms. The van der Waals surface area contributed by atoms with Gasteiger partial charge < -0.3 is 0 Å². The quantitative estimate of drug-likeness (QED) is 0.485. The zero-order chi connectivity index (χ0) is 18.6. The van der Waals surface area contributed by atoms with Crippen molar-refractivity contribution in [2.75, 3.05) is 5.75 Å². The van der Waals surface area contributed by atoms with Crippen molar-refractivity contribution in [2.45, 2.75) is 65.2 Å². The van der Waals surface area contributed by atoms with E-state index in [-0.39, 0.29) is 5.91 Å². The monoisotopic (exact) mass is 424 g/mol. The van der Waals surface area contributed by atoms with Crippen molar-refractivity contribution in [1.82, 2.24) is 5.43 Å². The molecular weight excluding hydrogens is 396 g/mol. The molecule has 2 rings (SSSR count). The smallest absolute Gasteiger partial charge is 0.250 e. The number of hydrogen-bond donors (Lipinski definition) is 1. The number of carbonyl (C=O) groups excluding carboxylic acids is 1. The summed E-state index contributed by atoms with van der Waals surface area (Å²) >= 11 is 5.11. The van der Waals surface area contributed by atoms with E-state index < -0.39 is 0 Å². The number of benzene rings is 1. The fourth-order valence-corrected chi connectivity index (χ4v) is 4.51. The first-order valence-electron chi connectivity index (χ1n) is 8.90. The fraction of sp³-hybridized carbons (Fsp3) is 0.600. The van der Waals surface area contributed by atoms with E-state index in [0.717, 1.165) is 33.8 Å². The van der Waals surface area contributed by atoms with Gasteiger partial charge in [0.2, 0.25) is 5.91 Å². The topological polar surface area (TPSA) is 41.5 Å². The van der Waals surface area contributed by atoms with Crippen molar-refractivity contribution in [3.8, 4) is 0 Å². The molecule has 1 amide bonds. The van der Waals surface area contributed by atoms with E-state index in [0.29, 0.717) is 11.2 Å². The van der Waals surface area contributed by atoms with Crippen LogP contribution >= 0.6 is 27.7 Å². The number of aryl methyl sites for hydroxylation is 2. The number of halogens is 1. The standard InChI is InChI=1S/C20H29BrN2OS/c1-13-11-18(14(2)10-17(13)21)25-12-19(24)23-22-16-8-6-15(7-9-16)20(3,4)5/h10-11,15H,6-9,12H2,1-5H3,(H,23,24). The average Bonchev–Trinajstić information content (AvgIpc) is 2.54. The minimum atomic E-state index is -0.0320. The molecule has 138 valence electrons. The first kappa shape index (κ1) is 20.5. The second kappa shape index (κ2) is 8.72. The molecule has 0 unspecified atom stereocenters. The van der Waals surface area contributed by atoms with E-state index in [1.807, 2.05) is 0 Å². The molecule has 1 fully saturated rings. The number of amides is 1. The molecule has 0 aliphatic heterocycles. The van der Waals surface area contributed by atoms with Crippen LogP contribution in [0.4, 0.5) is 0 Å². The molecule has 1 N–H and O–H groups in total. The molecule has 1 aliphatic rings. The van der Waals surface area contributed by atoms with Gasteiger partial charge in [-0.25, -0.2) is 5.43 Å². The Hall–Kier alpha value is -0.810. The van der Waals surface area contributed by atoms with Crippen molar-refractivity contribution < 1.29 is 4.79 Å². The van der Waals surface area contributed by atoms with Gasteiger partial charge in [0.25, 0.3) is 0 Å². The molecule has 1 aromatic rings. The SMILES string of the molecule is Cc1cc(SCC(=O)NN=C2CCC(C(C)(C)C)CC2)c(C)cc1Br. The number of nitrogens with zero attached hydrogens (tertiary/aromatic N) is 1. The fourth-order valence-electron chi connectivity index (χ4n) is 3.16. The lowest BCUT2D eigenvalue weighted by Crippen LogP contribution is -2.28. The first-order chi connectivity index (χ1) is 11.7. The van der Waals surface area contributed by atoms with Crippen LogP contribution < -0.4 is 5.43 Å². The summed E-state index contributed by atoms with van der Waals surface area (Å²) in [5.74, 6) is 1.11. The molecule has 0 heterocycles. The number of hydrogen-bond acceptors (Lipinski definition) is 3. The highest BCUT2D eigenvalue weighted by Crippen LogP contribution is 2.36. The van der Waals surface area contributed by atoms with Gasteiger partial charge in [0.1, 0.15) is 0 Å². The predicted molar refractivity (Wildman–Crippen MR) is 111 cm³/mol. The summed E-state index contributed by atoms with van der Waals surface area (Å²) < 4.78 is 1.11. The molecule has 0 spiro atoms. The Balaban J connectivity index is 1.81. The van der Waals surface area contributed by atoms with Gasteiger partial charge >= 0.3 is 0 Å². The number of rotatable bonds is 4. The minimum absolute atomic E-state index is 0.0320. The first-order valence-corrected chi connectivity index (χ1v) is 10.7. The highest BCUT2D eigenvalue weighted by Gasteiger charge is 2.28. The Bertz CT molecular complexity index is 654. The van der Waals surface area contributed by atoms with E-state index in [1.54, 1.807) is 11.8 Å².